The van der Waals surface area contributed by atoms with E-state index in [2.05, 4.69) is 0 Å². The van der Waals surface area contributed by atoms with E-state index < -0.39 is 11.9 Å². The third-order valence-corrected chi connectivity index (χ3v) is 4.20. The molecule has 4 aromatic rings. The maximum absolute atomic E-state index is 12.5. The van der Waals surface area contributed by atoms with Crippen LogP contribution in [0.15, 0.2) is 84.9 Å². The third-order valence-electron chi connectivity index (χ3n) is 4.20. The minimum absolute atomic E-state index is 0. The zero-order valence-corrected chi connectivity index (χ0v) is 17.8. The van der Waals surface area contributed by atoms with Gasteiger partial charge in [0, 0.05) is 51.2 Å². The number of hydrogen-bond acceptors (Lipinski definition) is 3. The molecule has 0 saturated carbocycles. The van der Waals surface area contributed by atoms with E-state index in [0.29, 0.717) is 11.1 Å². The topological polar surface area (TPSA) is 43.4 Å². The monoisotopic (exact) mass is 493 g/mol. The molecule has 0 heterocycles. The minimum atomic E-state index is -0.644. The smallest absolute Gasteiger partial charge is 0.346 e. The molecule has 6 heteroatoms. The molecule has 1 radical (unpaired) electrons. The van der Waals surface area contributed by atoms with Crippen LogP contribution in [0.1, 0.15) is 20.7 Å². The van der Waals surface area contributed by atoms with Gasteiger partial charge in [-0.05, 0) is 33.7 Å². The second-order valence-electron chi connectivity index (χ2n) is 5.73. The first-order chi connectivity index (χ1) is 12.2. The van der Waals surface area contributed by atoms with Gasteiger partial charge in [0.05, 0.1) is 11.1 Å². The Kier molecular flexibility index (Phi) is 9.13. The predicted molar refractivity (Wildman–Crippen MR) is 97.6 cm³/mol. The molecule has 0 aliphatic heterocycles. The zero-order valence-electron chi connectivity index (χ0n) is 14.4. The standard InChI is InChI=1S/C22H14O3.Co.Cr.Fe/c23-21(19-13-5-9-15-7-1-3-11-17(15)19)25-22(24)20-14-6-10-16-8-2-4-12-18(16)20;;;/h1-14H;;;. The van der Waals surface area contributed by atoms with E-state index in [0.717, 1.165) is 21.5 Å². The van der Waals surface area contributed by atoms with E-state index in [4.69, 9.17) is 4.74 Å². The molecule has 3 nitrogen and oxygen atoms in total. The van der Waals surface area contributed by atoms with E-state index in [1.54, 1.807) is 24.3 Å². The Morgan fingerprint density at radius 2 is 0.929 bits per heavy atom. The van der Waals surface area contributed by atoms with Gasteiger partial charge in [-0.15, -0.1) is 0 Å². The van der Waals surface area contributed by atoms with Gasteiger partial charge in [0.1, 0.15) is 0 Å². The number of ether oxygens (including phenoxy) is 1. The van der Waals surface area contributed by atoms with Gasteiger partial charge in [0.15, 0.2) is 0 Å². The Labute approximate surface area is 194 Å². The minimum Gasteiger partial charge on any atom is -0.386 e. The van der Waals surface area contributed by atoms with Gasteiger partial charge in [-0.2, -0.15) is 0 Å². The Balaban J connectivity index is 0.00000131. The predicted octanol–water partition coefficient (Wildman–Crippen LogP) is 4.98. The molecule has 0 unspecified atom stereocenters. The number of carbonyl (C=O) groups excluding carboxylic acids is 2. The summed E-state index contributed by atoms with van der Waals surface area (Å²) in [6.07, 6.45) is 0. The zero-order chi connectivity index (χ0) is 17.2. The van der Waals surface area contributed by atoms with Gasteiger partial charge in [0.2, 0.25) is 0 Å². The first-order valence-electron chi connectivity index (χ1n) is 7.96. The van der Waals surface area contributed by atoms with E-state index in [1.807, 2.05) is 60.7 Å². The SMILES string of the molecule is O=C(OC(=O)c1cccc2ccccc12)c1cccc2ccccc12.[Co].[Cr].[Fe]. The number of benzene rings is 4. The summed E-state index contributed by atoms with van der Waals surface area (Å²) < 4.78 is 5.16. The molecule has 0 amide bonds. The summed E-state index contributed by atoms with van der Waals surface area (Å²) in [4.78, 5) is 25.1. The van der Waals surface area contributed by atoms with Gasteiger partial charge in [-0.3, -0.25) is 0 Å². The average Bonchev–Trinajstić information content (AvgIpc) is 2.67. The molecule has 0 aromatic heterocycles. The first-order valence-corrected chi connectivity index (χ1v) is 7.96. The van der Waals surface area contributed by atoms with Crippen LogP contribution in [0.3, 0.4) is 0 Å². The van der Waals surface area contributed by atoms with Gasteiger partial charge >= 0.3 is 11.9 Å². The molecule has 0 N–H and O–H groups in total. The number of esters is 2. The van der Waals surface area contributed by atoms with Crippen molar-refractivity contribution in [1.29, 1.82) is 0 Å². The molecule has 0 fully saturated rings. The van der Waals surface area contributed by atoms with Crippen molar-refractivity contribution in [2.45, 2.75) is 0 Å². The van der Waals surface area contributed by atoms with Crippen LogP contribution in [0.2, 0.25) is 0 Å². The van der Waals surface area contributed by atoms with E-state index in [1.165, 1.54) is 0 Å². The summed E-state index contributed by atoms with van der Waals surface area (Å²) in [5.41, 5.74) is 0.762. The van der Waals surface area contributed by atoms with Crippen molar-refractivity contribution in [2.24, 2.45) is 0 Å². The van der Waals surface area contributed by atoms with Crippen LogP contribution < -0.4 is 0 Å². The van der Waals surface area contributed by atoms with Crippen molar-refractivity contribution in [1.82, 2.24) is 0 Å². The molecular weight excluding hydrogens is 479 g/mol. The average molecular weight is 493 g/mol. The van der Waals surface area contributed by atoms with Crippen LogP contribution in [-0.4, -0.2) is 11.9 Å². The molecule has 0 atom stereocenters. The van der Waals surface area contributed by atoms with Crippen molar-refractivity contribution in [3.63, 3.8) is 0 Å². The van der Waals surface area contributed by atoms with Crippen molar-refractivity contribution >= 4 is 33.5 Å². The van der Waals surface area contributed by atoms with E-state index in [9.17, 15) is 9.59 Å². The number of carbonyl (C=O) groups is 2. The largest absolute Gasteiger partial charge is 0.386 e. The molecule has 0 aliphatic rings. The number of rotatable bonds is 2. The van der Waals surface area contributed by atoms with Crippen molar-refractivity contribution in [3.8, 4) is 0 Å². The van der Waals surface area contributed by atoms with Gasteiger partial charge in [-0.1, -0.05) is 72.8 Å². The van der Waals surface area contributed by atoms with Crippen LogP contribution in [0.25, 0.3) is 21.5 Å². The summed E-state index contributed by atoms with van der Waals surface area (Å²) in [6.45, 7) is 0. The fourth-order valence-electron chi connectivity index (χ4n) is 3.00. The second kappa shape index (κ2) is 10.6. The van der Waals surface area contributed by atoms with Gasteiger partial charge in [-0.25, -0.2) is 9.59 Å². The molecule has 0 spiro atoms. The van der Waals surface area contributed by atoms with Crippen LogP contribution in [0.5, 0.6) is 0 Å². The Bertz CT molecular complexity index is 1030. The Hall–Kier alpha value is -1.90. The fourth-order valence-corrected chi connectivity index (χ4v) is 3.00. The van der Waals surface area contributed by atoms with Crippen molar-refractivity contribution < 1.29 is 65.5 Å². The van der Waals surface area contributed by atoms with E-state index >= 15 is 0 Å². The summed E-state index contributed by atoms with van der Waals surface area (Å²) in [5.74, 6) is -1.29. The fraction of sp³-hybridized carbons (Fsp3) is 0. The van der Waals surface area contributed by atoms with Crippen LogP contribution >= 0.6 is 0 Å². The van der Waals surface area contributed by atoms with Gasteiger partial charge < -0.3 is 4.74 Å². The van der Waals surface area contributed by atoms with E-state index in [-0.39, 0.29) is 51.2 Å². The maximum atomic E-state index is 12.5. The van der Waals surface area contributed by atoms with Crippen molar-refractivity contribution in [2.75, 3.05) is 0 Å². The molecule has 0 aliphatic carbocycles. The summed E-state index contributed by atoms with van der Waals surface area (Å²) in [7, 11) is 0. The van der Waals surface area contributed by atoms with Crippen molar-refractivity contribution in [3.05, 3.63) is 96.1 Å². The van der Waals surface area contributed by atoms with Crippen LogP contribution in [0.4, 0.5) is 0 Å². The number of hydrogen-bond donors (Lipinski definition) is 0. The molecule has 28 heavy (non-hydrogen) atoms. The number of fused-ring (bicyclic) bond motifs is 2. The third kappa shape index (κ3) is 4.74. The normalized spacial score (nSPS) is 9.57. The van der Waals surface area contributed by atoms with Crippen LogP contribution in [0, 0.1) is 0 Å². The summed E-state index contributed by atoms with van der Waals surface area (Å²) in [6, 6.07) is 25.7. The maximum Gasteiger partial charge on any atom is 0.346 e. The Morgan fingerprint density at radius 1 is 0.571 bits per heavy atom. The molecule has 0 saturated heterocycles. The second-order valence-corrected chi connectivity index (χ2v) is 5.73. The Morgan fingerprint density at radius 3 is 1.36 bits per heavy atom. The molecule has 0 bridgehead atoms. The molecule has 4 rings (SSSR count). The first kappa shape index (κ1) is 24.1. The van der Waals surface area contributed by atoms with Gasteiger partial charge in [0.25, 0.3) is 0 Å². The molecule has 4 aromatic carbocycles. The summed E-state index contributed by atoms with van der Waals surface area (Å²) >= 11 is 0. The molecular formula is C22H14CoCrFeO3. The summed E-state index contributed by atoms with van der Waals surface area (Å²) in [5, 5.41) is 3.38. The van der Waals surface area contributed by atoms with Crippen LogP contribution in [-0.2, 0) is 55.9 Å². The quantitative estimate of drug-likeness (QED) is 0.225. The molecule has 143 valence electrons.